The van der Waals surface area contributed by atoms with Crippen molar-refractivity contribution in [3.05, 3.63) is 59.9 Å². The molecule has 2 aromatic carbocycles. The Morgan fingerprint density at radius 1 is 1.11 bits per heavy atom. The molecule has 0 aliphatic heterocycles. The van der Waals surface area contributed by atoms with Crippen LogP contribution in [0.4, 0.5) is 10.1 Å². The van der Waals surface area contributed by atoms with Crippen molar-refractivity contribution in [2.45, 2.75) is 4.90 Å². The number of carbonyl (C=O) groups excluding carboxylic acids is 2. The van der Waals surface area contributed by atoms with E-state index in [-0.39, 0.29) is 10.5 Å². The molecule has 0 radical (unpaired) electrons. The molecule has 0 fully saturated rings. The van der Waals surface area contributed by atoms with Gasteiger partial charge in [-0.15, -0.1) is 0 Å². The fourth-order valence-corrected chi connectivity index (χ4v) is 3.08. The molecule has 10 heteroatoms. The summed E-state index contributed by atoms with van der Waals surface area (Å²) in [5.74, 6) is -2.13. The molecule has 0 heterocycles. The zero-order chi connectivity index (χ0) is 19.9. The van der Waals surface area contributed by atoms with Gasteiger partial charge in [0.2, 0.25) is 10.0 Å². The number of hydrogen-bond acceptors (Lipinski definition) is 6. The van der Waals surface area contributed by atoms with Crippen molar-refractivity contribution >= 4 is 27.6 Å². The van der Waals surface area contributed by atoms with Gasteiger partial charge in [0.05, 0.1) is 10.5 Å². The Balaban J connectivity index is 1.84. The summed E-state index contributed by atoms with van der Waals surface area (Å²) < 4.78 is 43.7. The van der Waals surface area contributed by atoms with Crippen LogP contribution < -0.4 is 10.0 Å². The zero-order valence-electron chi connectivity index (χ0n) is 13.8. The molecule has 0 aromatic heterocycles. The average Bonchev–Trinajstić information content (AvgIpc) is 2.66. The number of hydrogen-bond donors (Lipinski definition) is 2. The van der Waals surface area contributed by atoms with Gasteiger partial charge < -0.3 is 10.1 Å². The van der Waals surface area contributed by atoms with E-state index >= 15 is 0 Å². The standard InChI is InChI=1S/C17H14FN3O5S/c18-13-5-7-14(8-6-13)21-16(22)11-26-17(23)10-20-27(24,25)15-4-2-1-3-12(15)9-19/h1-8,20H,10-11H2,(H,21,22). The Hall–Kier alpha value is -3.29. The number of benzene rings is 2. The summed E-state index contributed by atoms with van der Waals surface area (Å²) in [6.45, 7) is -1.36. The molecular weight excluding hydrogens is 377 g/mol. The number of nitrogens with zero attached hydrogens (tertiary/aromatic N) is 1. The molecular formula is C17H14FN3O5S. The number of halogens is 1. The number of esters is 1. The van der Waals surface area contributed by atoms with Crippen LogP contribution in [0.3, 0.4) is 0 Å². The first-order valence-electron chi connectivity index (χ1n) is 7.51. The molecule has 2 N–H and O–H groups in total. The largest absolute Gasteiger partial charge is 0.455 e. The predicted octanol–water partition coefficient (Wildman–Crippen LogP) is 1.16. The molecule has 27 heavy (non-hydrogen) atoms. The van der Waals surface area contributed by atoms with Gasteiger partial charge in [0.15, 0.2) is 6.61 Å². The van der Waals surface area contributed by atoms with Crippen molar-refractivity contribution < 1.29 is 27.1 Å². The van der Waals surface area contributed by atoms with E-state index in [4.69, 9.17) is 5.26 Å². The van der Waals surface area contributed by atoms with Crippen LogP contribution in [-0.4, -0.2) is 33.4 Å². The van der Waals surface area contributed by atoms with Gasteiger partial charge in [-0.05, 0) is 36.4 Å². The Labute approximate surface area is 154 Å². The minimum atomic E-state index is -4.10. The fraction of sp³-hybridized carbons (Fsp3) is 0.118. The maximum Gasteiger partial charge on any atom is 0.321 e. The van der Waals surface area contributed by atoms with Crippen molar-refractivity contribution in [2.24, 2.45) is 0 Å². The lowest BCUT2D eigenvalue weighted by molar-refractivity contribution is -0.146. The minimum Gasteiger partial charge on any atom is -0.455 e. The number of amides is 1. The van der Waals surface area contributed by atoms with E-state index in [2.05, 4.69) is 10.1 Å². The summed E-state index contributed by atoms with van der Waals surface area (Å²) in [5.41, 5.74) is 0.239. The second kappa shape index (κ2) is 8.88. The summed E-state index contributed by atoms with van der Waals surface area (Å²) in [5, 5.41) is 11.3. The monoisotopic (exact) mass is 391 g/mol. The molecule has 2 aromatic rings. The molecule has 0 aliphatic rings. The van der Waals surface area contributed by atoms with E-state index in [9.17, 15) is 22.4 Å². The lowest BCUT2D eigenvalue weighted by Crippen LogP contribution is -2.32. The van der Waals surface area contributed by atoms with Gasteiger partial charge in [0.1, 0.15) is 18.4 Å². The van der Waals surface area contributed by atoms with Crippen LogP contribution in [0.2, 0.25) is 0 Å². The molecule has 8 nitrogen and oxygen atoms in total. The summed E-state index contributed by atoms with van der Waals surface area (Å²) in [4.78, 5) is 23.0. The Kier molecular flexibility index (Phi) is 6.59. The molecule has 0 unspecified atom stereocenters. The molecule has 0 saturated heterocycles. The molecule has 2 rings (SSSR count). The van der Waals surface area contributed by atoms with Crippen molar-refractivity contribution in [1.82, 2.24) is 4.72 Å². The molecule has 0 bridgehead atoms. The summed E-state index contributed by atoms with van der Waals surface area (Å²) in [7, 11) is -4.10. The van der Waals surface area contributed by atoms with Crippen molar-refractivity contribution in [1.29, 1.82) is 5.26 Å². The SMILES string of the molecule is N#Cc1ccccc1S(=O)(=O)NCC(=O)OCC(=O)Nc1ccc(F)cc1. The average molecular weight is 391 g/mol. The van der Waals surface area contributed by atoms with Crippen LogP contribution in [0.1, 0.15) is 5.56 Å². The molecule has 0 spiro atoms. The molecule has 0 atom stereocenters. The van der Waals surface area contributed by atoms with Crippen molar-refractivity contribution in [2.75, 3.05) is 18.5 Å². The van der Waals surface area contributed by atoms with E-state index < -0.39 is 40.9 Å². The quantitative estimate of drug-likeness (QED) is 0.682. The number of anilines is 1. The number of carbonyl (C=O) groups is 2. The van der Waals surface area contributed by atoms with E-state index in [1.54, 1.807) is 6.07 Å². The van der Waals surface area contributed by atoms with Crippen molar-refractivity contribution in [3.63, 3.8) is 0 Å². The first-order chi connectivity index (χ1) is 12.8. The Morgan fingerprint density at radius 2 is 1.78 bits per heavy atom. The fourth-order valence-electron chi connectivity index (χ4n) is 1.95. The first kappa shape index (κ1) is 20.0. The van der Waals surface area contributed by atoms with Gasteiger partial charge >= 0.3 is 5.97 Å². The highest BCUT2D eigenvalue weighted by Gasteiger charge is 2.19. The van der Waals surface area contributed by atoms with Crippen LogP contribution in [0.15, 0.2) is 53.4 Å². The van der Waals surface area contributed by atoms with Gasteiger partial charge in [-0.1, -0.05) is 12.1 Å². The predicted molar refractivity (Wildman–Crippen MR) is 92.3 cm³/mol. The summed E-state index contributed by atoms with van der Waals surface area (Å²) in [6.07, 6.45) is 0. The van der Waals surface area contributed by atoms with Gasteiger partial charge in [0.25, 0.3) is 5.91 Å². The van der Waals surface area contributed by atoms with Gasteiger partial charge in [-0.25, -0.2) is 12.8 Å². The third kappa shape index (κ3) is 5.88. The number of nitriles is 1. The molecule has 140 valence electrons. The minimum absolute atomic E-state index is 0.0722. The van der Waals surface area contributed by atoms with Gasteiger partial charge in [-0.2, -0.15) is 9.98 Å². The van der Waals surface area contributed by atoms with E-state index in [1.807, 2.05) is 4.72 Å². The smallest absolute Gasteiger partial charge is 0.321 e. The molecule has 0 saturated carbocycles. The highest BCUT2D eigenvalue weighted by molar-refractivity contribution is 7.89. The maximum absolute atomic E-state index is 12.8. The van der Waals surface area contributed by atoms with E-state index in [0.29, 0.717) is 5.69 Å². The van der Waals surface area contributed by atoms with Crippen LogP contribution in [-0.2, 0) is 24.3 Å². The topological polar surface area (TPSA) is 125 Å². The van der Waals surface area contributed by atoms with Crippen LogP contribution >= 0.6 is 0 Å². The number of nitrogens with one attached hydrogen (secondary N) is 2. The molecule has 0 aliphatic carbocycles. The first-order valence-corrected chi connectivity index (χ1v) is 9.00. The van der Waals surface area contributed by atoms with Crippen molar-refractivity contribution in [3.8, 4) is 6.07 Å². The Morgan fingerprint density at radius 3 is 2.44 bits per heavy atom. The second-order valence-corrected chi connectivity index (χ2v) is 6.88. The van der Waals surface area contributed by atoms with Crippen LogP contribution in [0.25, 0.3) is 0 Å². The van der Waals surface area contributed by atoms with E-state index in [1.165, 1.54) is 36.4 Å². The lowest BCUT2D eigenvalue weighted by atomic mass is 10.2. The van der Waals surface area contributed by atoms with Gasteiger partial charge in [0, 0.05) is 5.69 Å². The third-order valence-corrected chi connectivity index (χ3v) is 4.66. The number of ether oxygens (including phenoxy) is 1. The molecule has 1 amide bonds. The highest BCUT2D eigenvalue weighted by Crippen LogP contribution is 2.13. The van der Waals surface area contributed by atoms with Crippen LogP contribution in [0.5, 0.6) is 0 Å². The third-order valence-electron chi connectivity index (χ3n) is 3.20. The maximum atomic E-state index is 12.8. The summed E-state index contributed by atoms with van der Waals surface area (Å²) in [6, 6.07) is 12.2. The second-order valence-electron chi connectivity index (χ2n) is 5.15. The van der Waals surface area contributed by atoms with E-state index in [0.717, 1.165) is 12.1 Å². The number of sulfonamides is 1. The highest BCUT2D eigenvalue weighted by atomic mass is 32.2. The number of rotatable bonds is 7. The van der Waals surface area contributed by atoms with Crippen LogP contribution in [0, 0.1) is 17.1 Å². The van der Waals surface area contributed by atoms with Gasteiger partial charge in [-0.3, -0.25) is 9.59 Å². The lowest BCUT2D eigenvalue weighted by Gasteiger charge is -2.09. The summed E-state index contributed by atoms with van der Waals surface area (Å²) >= 11 is 0. The Bertz CT molecular complexity index is 984. The zero-order valence-corrected chi connectivity index (χ0v) is 14.6. The normalized spacial score (nSPS) is 10.7.